The van der Waals surface area contributed by atoms with Gasteiger partial charge in [-0.3, -0.25) is 4.98 Å². The van der Waals surface area contributed by atoms with Crippen molar-refractivity contribution >= 4 is 37.7 Å². The van der Waals surface area contributed by atoms with Crippen LogP contribution in [0.25, 0.3) is 0 Å². The molecule has 0 fully saturated rings. The SMILES string of the molecule is N/C(=N/O)c1ccncc1Oc1ccc(Br)cc1Br. The molecule has 0 atom stereocenters. The van der Waals surface area contributed by atoms with E-state index in [0.29, 0.717) is 17.1 Å². The van der Waals surface area contributed by atoms with E-state index in [1.54, 1.807) is 12.1 Å². The lowest BCUT2D eigenvalue weighted by Crippen LogP contribution is -2.14. The predicted octanol–water partition coefficient (Wildman–Crippen LogP) is 3.49. The van der Waals surface area contributed by atoms with Gasteiger partial charge in [-0.15, -0.1) is 0 Å². The predicted molar refractivity (Wildman–Crippen MR) is 78.7 cm³/mol. The first-order valence-electron chi connectivity index (χ1n) is 5.16. The number of benzene rings is 1. The minimum Gasteiger partial charge on any atom is -0.454 e. The molecule has 0 spiro atoms. The Kier molecular flexibility index (Phi) is 4.39. The second kappa shape index (κ2) is 6.03. The van der Waals surface area contributed by atoms with Crippen molar-refractivity contribution in [1.82, 2.24) is 4.98 Å². The Hall–Kier alpha value is -1.60. The van der Waals surface area contributed by atoms with Gasteiger partial charge in [0.15, 0.2) is 11.6 Å². The van der Waals surface area contributed by atoms with Crippen molar-refractivity contribution in [3.8, 4) is 11.5 Å². The highest BCUT2D eigenvalue weighted by molar-refractivity contribution is 9.11. The van der Waals surface area contributed by atoms with Gasteiger partial charge >= 0.3 is 0 Å². The average Bonchev–Trinajstić information content (AvgIpc) is 2.41. The van der Waals surface area contributed by atoms with Crippen molar-refractivity contribution in [2.75, 3.05) is 0 Å². The largest absolute Gasteiger partial charge is 0.454 e. The molecule has 0 aliphatic heterocycles. The number of aromatic nitrogens is 1. The lowest BCUT2D eigenvalue weighted by molar-refractivity contribution is 0.318. The third-order valence-corrected chi connectivity index (χ3v) is 3.40. The fourth-order valence-electron chi connectivity index (χ4n) is 1.40. The quantitative estimate of drug-likeness (QED) is 0.366. The standard InChI is InChI=1S/C12H9Br2N3O2/c13-7-1-2-10(9(14)5-7)19-11-6-16-4-3-8(11)12(15)17-18/h1-6,18H,(H2,15,17). The first-order chi connectivity index (χ1) is 9.11. The molecular formula is C12H9Br2N3O2. The van der Waals surface area contributed by atoms with Crippen LogP contribution in [0.5, 0.6) is 11.5 Å². The number of halogens is 2. The third kappa shape index (κ3) is 3.24. The summed E-state index contributed by atoms with van der Waals surface area (Å²) >= 11 is 6.76. The highest BCUT2D eigenvalue weighted by atomic mass is 79.9. The molecule has 0 unspecified atom stereocenters. The summed E-state index contributed by atoms with van der Waals surface area (Å²) in [5.41, 5.74) is 6.05. The van der Waals surface area contributed by atoms with Gasteiger partial charge in [-0.2, -0.15) is 0 Å². The molecule has 0 aliphatic rings. The summed E-state index contributed by atoms with van der Waals surface area (Å²) in [5.74, 6) is 0.967. The molecule has 98 valence electrons. The van der Waals surface area contributed by atoms with Crippen LogP contribution in [-0.4, -0.2) is 16.0 Å². The van der Waals surface area contributed by atoms with Gasteiger partial charge in [0.2, 0.25) is 0 Å². The molecule has 0 amide bonds. The first-order valence-corrected chi connectivity index (χ1v) is 6.75. The van der Waals surface area contributed by atoms with Crippen molar-refractivity contribution in [3.05, 3.63) is 51.2 Å². The summed E-state index contributed by atoms with van der Waals surface area (Å²) in [6.45, 7) is 0. The summed E-state index contributed by atoms with van der Waals surface area (Å²) in [4.78, 5) is 3.96. The molecule has 1 heterocycles. The van der Waals surface area contributed by atoms with Gasteiger partial charge in [0.1, 0.15) is 5.75 Å². The van der Waals surface area contributed by atoms with E-state index in [2.05, 4.69) is 42.0 Å². The Labute approximate surface area is 126 Å². The number of ether oxygens (including phenoxy) is 1. The molecule has 0 bridgehead atoms. The van der Waals surface area contributed by atoms with Crippen molar-refractivity contribution in [3.63, 3.8) is 0 Å². The van der Waals surface area contributed by atoms with Gasteiger partial charge in [-0.25, -0.2) is 0 Å². The Morgan fingerprint density at radius 3 is 2.74 bits per heavy atom. The van der Waals surface area contributed by atoms with Crippen LogP contribution in [0, 0.1) is 0 Å². The van der Waals surface area contributed by atoms with E-state index < -0.39 is 0 Å². The van der Waals surface area contributed by atoms with Gasteiger partial charge in [-0.05, 0) is 40.2 Å². The third-order valence-electron chi connectivity index (χ3n) is 2.28. The fraction of sp³-hybridized carbons (Fsp3) is 0. The summed E-state index contributed by atoms with van der Waals surface area (Å²) < 4.78 is 7.42. The average molecular weight is 387 g/mol. The Morgan fingerprint density at radius 1 is 1.26 bits per heavy atom. The number of hydrogen-bond donors (Lipinski definition) is 2. The highest BCUT2D eigenvalue weighted by Gasteiger charge is 2.11. The Morgan fingerprint density at radius 2 is 2.05 bits per heavy atom. The second-order valence-corrected chi connectivity index (χ2v) is 5.30. The van der Waals surface area contributed by atoms with E-state index in [1.165, 1.54) is 12.4 Å². The van der Waals surface area contributed by atoms with Gasteiger partial charge in [0.25, 0.3) is 0 Å². The normalized spacial score (nSPS) is 11.4. The highest BCUT2D eigenvalue weighted by Crippen LogP contribution is 2.32. The Bertz CT molecular complexity index is 632. The fourth-order valence-corrected chi connectivity index (χ4v) is 2.53. The Balaban J connectivity index is 2.38. The molecule has 7 heteroatoms. The van der Waals surface area contributed by atoms with E-state index in [1.807, 2.05) is 12.1 Å². The number of hydrogen-bond acceptors (Lipinski definition) is 4. The van der Waals surface area contributed by atoms with E-state index >= 15 is 0 Å². The van der Waals surface area contributed by atoms with Crippen LogP contribution in [-0.2, 0) is 0 Å². The van der Waals surface area contributed by atoms with E-state index in [9.17, 15) is 0 Å². The zero-order valence-electron chi connectivity index (χ0n) is 9.55. The topological polar surface area (TPSA) is 80.7 Å². The smallest absolute Gasteiger partial charge is 0.173 e. The lowest BCUT2D eigenvalue weighted by atomic mass is 10.2. The molecule has 2 aromatic rings. The van der Waals surface area contributed by atoms with Crippen LogP contribution in [0.1, 0.15) is 5.56 Å². The number of oxime groups is 1. The zero-order valence-corrected chi connectivity index (χ0v) is 12.7. The molecular weight excluding hydrogens is 378 g/mol. The molecule has 0 saturated carbocycles. The maximum Gasteiger partial charge on any atom is 0.173 e. The van der Waals surface area contributed by atoms with Crippen LogP contribution in [0.15, 0.2) is 50.8 Å². The number of pyridine rings is 1. The summed E-state index contributed by atoms with van der Waals surface area (Å²) in [7, 11) is 0. The molecule has 19 heavy (non-hydrogen) atoms. The van der Waals surface area contributed by atoms with Crippen LogP contribution in [0.4, 0.5) is 0 Å². The number of nitrogens with two attached hydrogens (primary N) is 1. The molecule has 3 N–H and O–H groups in total. The van der Waals surface area contributed by atoms with Crippen molar-refractivity contribution in [2.45, 2.75) is 0 Å². The van der Waals surface area contributed by atoms with Crippen molar-refractivity contribution < 1.29 is 9.94 Å². The van der Waals surface area contributed by atoms with E-state index in [4.69, 9.17) is 15.7 Å². The van der Waals surface area contributed by atoms with Crippen LogP contribution < -0.4 is 10.5 Å². The first kappa shape index (κ1) is 13.8. The molecule has 0 radical (unpaired) electrons. The number of nitrogens with zero attached hydrogens (tertiary/aromatic N) is 2. The molecule has 0 aliphatic carbocycles. The molecule has 5 nitrogen and oxygen atoms in total. The van der Waals surface area contributed by atoms with E-state index in [-0.39, 0.29) is 5.84 Å². The maximum atomic E-state index is 8.74. The van der Waals surface area contributed by atoms with Crippen LogP contribution >= 0.6 is 31.9 Å². The minimum absolute atomic E-state index is 0.0364. The van der Waals surface area contributed by atoms with Gasteiger partial charge < -0.3 is 15.7 Å². The molecule has 2 rings (SSSR count). The van der Waals surface area contributed by atoms with Crippen molar-refractivity contribution in [2.24, 2.45) is 10.9 Å². The van der Waals surface area contributed by atoms with Crippen molar-refractivity contribution in [1.29, 1.82) is 0 Å². The van der Waals surface area contributed by atoms with Crippen LogP contribution in [0.2, 0.25) is 0 Å². The van der Waals surface area contributed by atoms with Crippen LogP contribution in [0.3, 0.4) is 0 Å². The monoisotopic (exact) mass is 385 g/mol. The molecule has 1 aromatic carbocycles. The molecule has 0 saturated heterocycles. The summed E-state index contributed by atoms with van der Waals surface area (Å²) in [6, 6.07) is 7.10. The van der Waals surface area contributed by atoms with Gasteiger partial charge in [0, 0.05) is 10.7 Å². The second-order valence-electron chi connectivity index (χ2n) is 3.53. The number of rotatable bonds is 3. The summed E-state index contributed by atoms with van der Waals surface area (Å²) in [5, 5.41) is 11.7. The minimum atomic E-state index is -0.0364. The molecule has 1 aromatic heterocycles. The van der Waals surface area contributed by atoms with E-state index in [0.717, 1.165) is 8.95 Å². The maximum absolute atomic E-state index is 8.74. The zero-order chi connectivity index (χ0) is 13.8. The lowest BCUT2D eigenvalue weighted by Gasteiger charge is -2.11. The van der Waals surface area contributed by atoms with Gasteiger partial charge in [0.05, 0.1) is 16.2 Å². The number of amidine groups is 1. The van der Waals surface area contributed by atoms with Gasteiger partial charge in [-0.1, -0.05) is 21.1 Å². The summed E-state index contributed by atoms with van der Waals surface area (Å²) in [6.07, 6.45) is 3.04.